The number of rotatable bonds is 5. The Kier molecular flexibility index (Phi) is 7.15. The summed E-state index contributed by atoms with van der Waals surface area (Å²) in [6.07, 6.45) is 0.308. The average molecular weight is 444 g/mol. The van der Waals surface area contributed by atoms with Crippen molar-refractivity contribution in [2.24, 2.45) is 0 Å². The molecular weight excluding hydrogens is 418 g/mol. The van der Waals surface area contributed by atoms with E-state index >= 15 is 0 Å². The molecule has 2 amide bonds. The molecule has 0 saturated carbocycles. The Morgan fingerprint density at radius 2 is 1.59 bits per heavy atom. The smallest absolute Gasteiger partial charge is 0.243 e. The summed E-state index contributed by atoms with van der Waals surface area (Å²) < 4.78 is 32.2. The largest absolute Gasteiger partial charge is 0.375 e. The minimum atomic E-state index is -3.61. The number of sulfonamides is 1. The third kappa shape index (κ3) is 5.48. The van der Waals surface area contributed by atoms with E-state index in [1.54, 1.807) is 21.9 Å². The van der Waals surface area contributed by atoms with Crippen LogP contribution in [0.3, 0.4) is 0 Å². The van der Waals surface area contributed by atoms with Crippen LogP contribution in [0.4, 0.5) is 0 Å². The number of amides is 2. The van der Waals surface area contributed by atoms with Crippen LogP contribution in [0.1, 0.15) is 19.8 Å². The van der Waals surface area contributed by atoms with Gasteiger partial charge in [0.15, 0.2) is 0 Å². The third-order valence-electron chi connectivity index (χ3n) is 5.19. The Morgan fingerprint density at radius 3 is 2.17 bits per heavy atom. The maximum Gasteiger partial charge on any atom is 0.243 e. The molecule has 2 saturated heterocycles. The van der Waals surface area contributed by atoms with Crippen LogP contribution in [-0.2, 0) is 24.3 Å². The average Bonchev–Trinajstić information content (AvgIpc) is 2.72. The molecule has 2 aliphatic heterocycles. The molecule has 1 aromatic carbocycles. The Bertz CT molecular complexity index is 838. The van der Waals surface area contributed by atoms with Crippen LogP contribution in [0.15, 0.2) is 29.2 Å². The van der Waals surface area contributed by atoms with Crippen molar-refractivity contribution in [1.82, 2.24) is 14.1 Å². The molecule has 29 heavy (non-hydrogen) atoms. The predicted octanol–water partition coefficient (Wildman–Crippen LogP) is 1.20. The van der Waals surface area contributed by atoms with Crippen molar-refractivity contribution in [3.63, 3.8) is 0 Å². The highest BCUT2D eigenvalue weighted by Gasteiger charge is 2.30. The molecule has 0 aliphatic carbocycles. The van der Waals surface area contributed by atoms with Gasteiger partial charge in [-0.1, -0.05) is 11.6 Å². The SMILES string of the molecule is C[C@@H]1CN(C(=O)CCC(=O)N2CCN(S(=O)(=O)c3ccc(Cl)cc3)CC2)CCO1. The van der Waals surface area contributed by atoms with Gasteiger partial charge in [-0.15, -0.1) is 0 Å². The van der Waals surface area contributed by atoms with E-state index in [9.17, 15) is 18.0 Å². The van der Waals surface area contributed by atoms with Crippen molar-refractivity contribution in [2.75, 3.05) is 45.9 Å². The number of hydrogen-bond acceptors (Lipinski definition) is 5. The zero-order valence-electron chi connectivity index (χ0n) is 16.4. The zero-order chi connectivity index (χ0) is 21.0. The maximum absolute atomic E-state index is 12.7. The van der Waals surface area contributed by atoms with Gasteiger partial charge in [-0.25, -0.2) is 8.42 Å². The molecule has 160 valence electrons. The minimum Gasteiger partial charge on any atom is -0.375 e. The van der Waals surface area contributed by atoms with Crippen molar-refractivity contribution >= 4 is 33.4 Å². The molecule has 3 rings (SSSR count). The van der Waals surface area contributed by atoms with Gasteiger partial charge in [0.25, 0.3) is 0 Å². The first-order valence-corrected chi connectivity index (χ1v) is 11.5. The Morgan fingerprint density at radius 1 is 1.00 bits per heavy atom. The lowest BCUT2D eigenvalue weighted by Gasteiger charge is -2.34. The highest BCUT2D eigenvalue weighted by Crippen LogP contribution is 2.20. The predicted molar refractivity (Wildman–Crippen MR) is 108 cm³/mol. The van der Waals surface area contributed by atoms with Crippen molar-refractivity contribution in [3.8, 4) is 0 Å². The van der Waals surface area contributed by atoms with E-state index in [-0.39, 0.29) is 48.7 Å². The van der Waals surface area contributed by atoms with Gasteiger partial charge in [-0.2, -0.15) is 4.31 Å². The van der Waals surface area contributed by atoms with Gasteiger partial charge in [0, 0.05) is 57.1 Å². The van der Waals surface area contributed by atoms with Gasteiger partial charge in [-0.3, -0.25) is 9.59 Å². The highest BCUT2D eigenvalue weighted by molar-refractivity contribution is 7.89. The number of carbonyl (C=O) groups excluding carboxylic acids is 2. The van der Waals surface area contributed by atoms with Crippen LogP contribution in [0.5, 0.6) is 0 Å². The summed E-state index contributed by atoms with van der Waals surface area (Å²) in [7, 11) is -3.61. The molecule has 0 unspecified atom stereocenters. The summed E-state index contributed by atoms with van der Waals surface area (Å²) in [6, 6.07) is 6.04. The fraction of sp³-hybridized carbons (Fsp3) is 0.579. The molecule has 0 bridgehead atoms. The first kappa shape index (κ1) is 22.0. The second kappa shape index (κ2) is 9.42. The molecule has 0 spiro atoms. The van der Waals surface area contributed by atoms with Crippen molar-refractivity contribution in [2.45, 2.75) is 30.8 Å². The first-order chi connectivity index (χ1) is 13.8. The maximum atomic E-state index is 12.7. The summed E-state index contributed by atoms with van der Waals surface area (Å²) >= 11 is 5.82. The van der Waals surface area contributed by atoms with Crippen molar-refractivity contribution in [3.05, 3.63) is 29.3 Å². The summed E-state index contributed by atoms with van der Waals surface area (Å²) in [6.45, 7) is 4.63. The van der Waals surface area contributed by atoms with E-state index in [1.807, 2.05) is 6.92 Å². The van der Waals surface area contributed by atoms with E-state index in [4.69, 9.17) is 16.3 Å². The number of nitrogens with zero attached hydrogens (tertiary/aromatic N) is 3. The second-order valence-electron chi connectivity index (χ2n) is 7.26. The van der Waals surface area contributed by atoms with Crippen LogP contribution >= 0.6 is 11.6 Å². The molecule has 2 fully saturated rings. The van der Waals surface area contributed by atoms with Crippen molar-refractivity contribution in [1.29, 1.82) is 0 Å². The van der Waals surface area contributed by atoms with Crippen LogP contribution in [0, 0.1) is 0 Å². The highest BCUT2D eigenvalue weighted by atomic mass is 35.5. The van der Waals surface area contributed by atoms with Gasteiger partial charge < -0.3 is 14.5 Å². The van der Waals surface area contributed by atoms with Gasteiger partial charge >= 0.3 is 0 Å². The van der Waals surface area contributed by atoms with E-state index in [2.05, 4.69) is 0 Å². The van der Waals surface area contributed by atoms with Gasteiger partial charge in [-0.05, 0) is 31.2 Å². The van der Waals surface area contributed by atoms with E-state index in [1.165, 1.54) is 16.4 Å². The molecule has 2 heterocycles. The second-order valence-corrected chi connectivity index (χ2v) is 9.63. The molecular formula is C19H26ClN3O5S. The lowest BCUT2D eigenvalue weighted by molar-refractivity contribution is -0.141. The number of carbonyl (C=O) groups is 2. The summed E-state index contributed by atoms with van der Waals surface area (Å²) in [5.74, 6) is -0.166. The third-order valence-corrected chi connectivity index (χ3v) is 7.35. The quantitative estimate of drug-likeness (QED) is 0.682. The number of morpholine rings is 1. The van der Waals surface area contributed by atoms with Gasteiger partial charge in [0.2, 0.25) is 21.8 Å². The Hall–Kier alpha value is -1.68. The molecule has 0 N–H and O–H groups in total. The zero-order valence-corrected chi connectivity index (χ0v) is 18.0. The number of piperazine rings is 1. The van der Waals surface area contributed by atoms with E-state index in [0.717, 1.165) is 0 Å². The number of halogens is 1. The van der Waals surface area contributed by atoms with Crippen LogP contribution in [-0.4, -0.2) is 86.3 Å². The number of hydrogen-bond donors (Lipinski definition) is 0. The fourth-order valence-electron chi connectivity index (χ4n) is 3.51. The number of benzene rings is 1. The summed E-state index contributed by atoms with van der Waals surface area (Å²) in [5, 5.41) is 0.473. The monoisotopic (exact) mass is 443 g/mol. The summed E-state index contributed by atoms with van der Waals surface area (Å²) in [4.78, 5) is 28.3. The van der Waals surface area contributed by atoms with Gasteiger partial charge in [0.05, 0.1) is 17.6 Å². The van der Waals surface area contributed by atoms with Crippen LogP contribution in [0.25, 0.3) is 0 Å². The van der Waals surface area contributed by atoms with Crippen LogP contribution < -0.4 is 0 Å². The van der Waals surface area contributed by atoms with E-state index < -0.39 is 10.0 Å². The molecule has 10 heteroatoms. The standard InChI is InChI=1S/C19H26ClN3O5S/c1-15-14-22(12-13-28-15)19(25)7-6-18(24)21-8-10-23(11-9-21)29(26,27)17-4-2-16(20)3-5-17/h2-5,15H,6-14H2,1H3/t15-/m1/s1. The Labute approximate surface area is 176 Å². The van der Waals surface area contributed by atoms with Crippen LogP contribution in [0.2, 0.25) is 5.02 Å². The van der Waals surface area contributed by atoms with Crippen molar-refractivity contribution < 1.29 is 22.7 Å². The molecule has 2 aliphatic rings. The normalized spacial score (nSPS) is 21.2. The minimum absolute atomic E-state index is 0.0130. The Balaban J connectivity index is 1.48. The lowest BCUT2D eigenvalue weighted by atomic mass is 10.2. The van der Waals surface area contributed by atoms with Gasteiger partial charge in [0.1, 0.15) is 0 Å². The molecule has 0 aromatic heterocycles. The lowest BCUT2D eigenvalue weighted by Crippen LogP contribution is -2.50. The molecule has 1 aromatic rings. The first-order valence-electron chi connectivity index (χ1n) is 9.70. The number of ether oxygens (including phenoxy) is 1. The molecule has 8 nitrogen and oxygen atoms in total. The summed E-state index contributed by atoms with van der Waals surface area (Å²) in [5.41, 5.74) is 0. The fourth-order valence-corrected chi connectivity index (χ4v) is 5.06. The van der Waals surface area contributed by atoms with E-state index in [0.29, 0.717) is 37.8 Å². The molecule has 1 atom stereocenters. The topological polar surface area (TPSA) is 87.2 Å². The molecule has 0 radical (unpaired) electrons.